The average molecular weight is 584 g/mol. The lowest BCUT2D eigenvalue weighted by Gasteiger charge is -2.38. The Morgan fingerprint density at radius 1 is 1.05 bits per heavy atom. The number of hydrogen-bond acceptors (Lipinski definition) is 4. The number of carbonyl (C=O) groups is 2. The molecule has 0 radical (unpaired) electrons. The van der Waals surface area contributed by atoms with Crippen molar-refractivity contribution >= 4 is 46.4 Å². The van der Waals surface area contributed by atoms with Crippen LogP contribution in [-0.2, 0) is 17.8 Å². The lowest BCUT2D eigenvalue weighted by Crippen LogP contribution is -2.46. The van der Waals surface area contributed by atoms with Gasteiger partial charge in [0.1, 0.15) is 18.1 Å². The number of ether oxygens (including phenoxy) is 1. The number of halogens is 3. The van der Waals surface area contributed by atoms with E-state index in [2.05, 4.69) is 0 Å². The summed E-state index contributed by atoms with van der Waals surface area (Å²) in [4.78, 5) is 32.1. The first kappa shape index (κ1) is 27.2. The first-order valence-corrected chi connectivity index (χ1v) is 14.0. The van der Waals surface area contributed by atoms with Gasteiger partial charge >= 0.3 is 0 Å². The minimum atomic E-state index is -0.406. The zero-order valence-electron chi connectivity index (χ0n) is 21.1. The van der Waals surface area contributed by atoms with Crippen LogP contribution in [0, 0.1) is 5.82 Å². The van der Waals surface area contributed by atoms with Crippen molar-refractivity contribution < 1.29 is 18.7 Å². The van der Waals surface area contributed by atoms with Gasteiger partial charge in [-0.2, -0.15) is 0 Å². The van der Waals surface area contributed by atoms with Crippen LogP contribution < -0.4 is 4.74 Å². The highest BCUT2D eigenvalue weighted by atomic mass is 35.5. The third-order valence-corrected chi connectivity index (χ3v) is 8.32. The fourth-order valence-electron chi connectivity index (χ4n) is 4.85. The van der Waals surface area contributed by atoms with Crippen LogP contribution in [0.15, 0.2) is 78.2 Å². The van der Waals surface area contributed by atoms with Crippen LogP contribution >= 0.6 is 34.5 Å². The summed E-state index contributed by atoms with van der Waals surface area (Å²) in [5.74, 6) is -0.391. The minimum Gasteiger partial charge on any atom is -0.497 e. The number of thiophene rings is 1. The first-order chi connectivity index (χ1) is 18.8. The first-order valence-electron chi connectivity index (χ1n) is 12.3. The monoisotopic (exact) mass is 582 g/mol. The molecule has 0 fully saturated rings. The number of rotatable bonds is 7. The summed E-state index contributed by atoms with van der Waals surface area (Å²) in [6.07, 6.45) is 0.711. The third-order valence-electron chi connectivity index (χ3n) is 6.76. The molecule has 39 heavy (non-hydrogen) atoms. The highest BCUT2D eigenvalue weighted by molar-refractivity contribution is 7.10. The molecule has 2 amide bonds. The summed E-state index contributed by atoms with van der Waals surface area (Å²) >= 11 is 14.4. The maximum Gasteiger partial charge on any atom is 0.254 e. The van der Waals surface area contributed by atoms with Gasteiger partial charge in [-0.1, -0.05) is 47.5 Å². The number of hydrogen-bond donors (Lipinski definition) is 0. The Labute approximate surface area is 240 Å². The zero-order valence-corrected chi connectivity index (χ0v) is 23.4. The van der Waals surface area contributed by atoms with Crippen LogP contribution in [0.25, 0.3) is 0 Å². The Kier molecular flexibility index (Phi) is 8.21. The molecule has 0 spiro atoms. The molecule has 0 bridgehead atoms. The van der Waals surface area contributed by atoms with Gasteiger partial charge < -0.3 is 14.5 Å². The maximum absolute atomic E-state index is 14.0. The Morgan fingerprint density at radius 2 is 1.85 bits per heavy atom. The van der Waals surface area contributed by atoms with E-state index in [1.54, 1.807) is 64.8 Å². The molecule has 0 N–H and O–H groups in total. The summed E-state index contributed by atoms with van der Waals surface area (Å²) < 4.78 is 18.9. The Bertz CT molecular complexity index is 1510. The van der Waals surface area contributed by atoms with Crippen LogP contribution in [0.4, 0.5) is 4.39 Å². The van der Waals surface area contributed by atoms with E-state index in [0.717, 1.165) is 11.1 Å². The van der Waals surface area contributed by atoms with E-state index in [1.165, 1.54) is 29.0 Å². The third kappa shape index (κ3) is 5.96. The van der Waals surface area contributed by atoms with Gasteiger partial charge in [0.2, 0.25) is 5.91 Å². The van der Waals surface area contributed by atoms with E-state index < -0.39 is 6.04 Å². The van der Waals surface area contributed by atoms with Gasteiger partial charge in [-0.05, 0) is 77.0 Å². The zero-order chi connectivity index (χ0) is 27.5. The number of methoxy groups -OCH3 is 1. The van der Waals surface area contributed by atoms with Crippen molar-refractivity contribution in [2.75, 3.05) is 20.2 Å². The van der Waals surface area contributed by atoms with E-state index in [9.17, 15) is 14.0 Å². The van der Waals surface area contributed by atoms with Crippen molar-refractivity contribution in [2.45, 2.75) is 19.0 Å². The van der Waals surface area contributed by atoms with Gasteiger partial charge in [-0.25, -0.2) is 4.39 Å². The number of nitrogens with zero attached hydrogens (tertiary/aromatic N) is 2. The number of fused-ring (bicyclic) bond motifs is 1. The molecule has 0 saturated heterocycles. The fraction of sp³-hybridized carbons (Fsp3) is 0.200. The van der Waals surface area contributed by atoms with Crippen molar-refractivity contribution in [1.29, 1.82) is 0 Å². The van der Waals surface area contributed by atoms with Gasteiger partial charge in [0.05, 0.1) is 13.2 Å². The molecule has 3 aromatic carbocycles. The quantitative estimate of drug-likeness (QED) is 0.235. The van der Waals surface area contributed by atoms with Crippen LogP contribution in [-0.4, -0.2) is 41.8 Å². The normalized spacial score (nSPS) is 14.6. The molecule has 4 aromatic rings. The van der Waals surface area contributed by atoms with Gasteiger partial charge in [0.15, 0.2) is 0 Å². The second-order valence-electron chi connectivity index (χ2n) is 9.22. The highest BCUT2D eigenvalue weighted by Gasteiger charge is 2.35. The van der Waals surface area contributed by atoms with Crippen LogP contribution in [0.2, 0.25) is 10.0 Å². The molecule has 1 unspecified atom stereocenters. The van der Waals surface area contributed by atoms with Gasteiger partial charge in [0.25, 0.3) is 5.91 Å². The summed E-state index contributed by atoms with van der Waals surface area (Å²) in [5.41, 5.74) is 2.89. The van der Waals surface area contributed by atoms with E-state index in [1.807, 2.05) is 17.5 Å². The summed E-state index contributed by atoms with van der Waals surface area (Å²) in [7, 11) is 1.53. The van der Waals surface area contributed by atoms with Crippen LogP contribution in [0.1, 0.15) is 38.0 Å². The molecule has 1 aromatic heterocycles. The predicted octanol–water partition coefficient (Wildman–Crippen LogP) is 7.02. The van der Waals surface area contributed by atoms with E-state index >= 15 is 0 Å². The van der Waals surface area contributed by atoms with Crippen molar-refractivity contribution in [1.82, 2.24) is 9.80 Å². The van der Waals surface area contributed by atoms with Gasteiger partial charge in [-0.15, -0.1) is 11.3 Å². The average Bonchev–Trinajstić information content (AvgIpc) is 3.42. The molecule has 0 aliphatic carbocycles. The van der Waals surface area contributed by atoms with Gasteiger partial charge in [-0.3, -0.25) is 9.59 Å². The Morgan fingerprint density at radius 3 is 2.59 bits per heavy atom. The highest BCUT2D eigenvalue weighted by Crippen LogP contribution is 2.41. The summed E-state index contributed by atoms with van der Waals surface area (Å²) in [6.45, 7) is 0.439. The number of benzene rings is 3. The number of carbonyl (C=O) groups excluding carboxylic acids is 2. The Balaban J connectivity index is 1.48. The molecular weight excluding hydrogens is 558 g/mol. The maximum atomic E-state index is 14.0. The molecule has 1 aliphatic heterocycles. The summed E-state index contributed by atoms with van der Waals surface area (Å²) in [6, 6.07) is 19.6. The number of amides is 2. The molecule has 5 nitrogen and oxygen atoms in total. The second-order valence-corrected chi connectivity index (χ2v) is 11.1. The molecule has 200 valence electrons. The van der Waals surface area contributed by atoms with Crippen LogP contribution in [0.5, 0.6) is 5.75 Å². The van der Waals surface area contributed by atoms with Gasteiger partial charge in [0, 0.05) is 33.6 Å². The van der Waals surface area contributed by atoms with E-state index in [0.29, 0.717) is 39.9 Å². The standard InChI is InChI=1S/C30H25Cl2FN2O3S/c1-38-23-4-2-3-20(15-23)30(37)34(17-19-5-8-22(33)9-6-19)18-28(36)35-13-11-27-25(12-14-39-27)29(35)24-10-7-21(31)16-26(24)32/h2-10,12,14-16,29H,11,13,17-18H2,1H3. The molecule has 1 aliphatic rings. The smallest absolute Gasteiger partial charge is 0.254 e. The SMILES string of the molecule is COc1cccc(C(=O)N(CC(=O)N2CCc3sccc3C2c2ccc(Cl)cc2Cl)Cc2ccc(F)cc2)c1. The topological polar surface area (TPSA) is 49.9 Å². The molecular formula is C30H25Cl2FN2O3S. The second kappa shape index (κ2) is 11.8. The molecule has 5 rings (SSSR count). The van der Waals surface area contributed by atoms with Crippen molar-refractivity contribution in [3.63, 3.8) is 0 Å². The Hall–Kier alpha value is -3.39. The lowest BCUT2D eigenvalue weighted by atomic mass is 9.93. The van der Waals surface area contributed by atoms with E-state index in [4.69, 9.17) is 27.9 Å². The largest absolute Gasteiger partial charge is 0.497 e. The van der Waals surface area contributed by atoms with E-state index in [-0.39, 0.29) is 30.7 Å². The van der Waals surface area contributed by atoms with Crippen molar-refractivity contribution in [3.05, 3.63) is 121 Å². The summed E-state index contributed by atoms with van der Waals surface area (Å²) in [5, 5.41) is 3.00. The molecule has 1 atom stereocenters. The van der Waals surface area contributed by atoms with Crippen molar-refractivity contribution in [3.8, 4) is 5.75 Å². The molecule has 2 heterocycles. The predicted molar refractivity (Wildman–Crippen MR) is 152 cm³/mol. The fourth-order valence-corrected chi connectivity index (χ4v) is 6.26. The molecule has 0 saturated carbocycles. The van der Waals surface area contributed by atoms with Crippen molar-refractivity contribution in [2.24, 2.45) is 0 Å². The molecule has 9 heteroatoms. The van der Waals surface area contributed by atoms with Crippen LogP contribution in [0.3, 0.4) is 0 Å². The lowest BCUT2D eigenvalue weighted by molar-refractivity contribution is -0.134. The minimum absolute atomic E-state index is 0.131.